The van der Waals surface area contributed by atoms with Gasteiger partial charge < -0.3 is 15.7 Å². The SMILES string of the molecule is CC(C)CN(CC(O)C(Cc1ccccc1)NC(=O)[C@@H](NC(=O)CCl)C(C)(C)C)S(=O)(=O)c1cccc([N+](=O)[O-])c1. The van der Waals surface area contributed by atoms with Gasteiger partial charge in [-0.1, -0.05) is 71.0 Å². The molecular weight excluding hydrogens is 572 g/mol. The molecule has 2 amide bonds. The monoisotopic (exact) mass is 610 g/mol. The third-order valence-electron chi connectivity index (χ3n) is 6.27. The number of hydrogen-bond acceptors (Lipinski definition) is 7. The number of non-ortho nitro benzene ring substituents is 1. The van der Waals surface area contributed by atoms with Crippen LogP contribution in [0, 0.1) is 21.4 Å². The maximum atomic E-state index is 13.6. The zero-order valence-corrected chi connectivity index (χ0v) is 25.5. The predicted octanol–water partition coefficient (Wildman–Crippen LogP) is 3.10. The Balaban J connectivity index is 2.44. The maximum Gasteiger partial charge on any atom is 0.270 e. The number of nitro groups is 1. The topological polar surface area (TPSA) is 159 Å². The van der Waals surface area contributed by atoms with Crippen LogP contribution in [0.4, 0.5) is 5.69 Å². The van der Waals surface area contributed by atoms with Crippen molar-refractivity contribution < 1.29 is 28.0 Å². The van der Waals surface area contributed by atoms with Crippen molar-refractivity contribution in [2.24, 2.45) is 11.3 Å². The molecule has 226 valence electrons. The standard InChI is InChI=1S/C28H39ClN4O7S/c1-19(2)17-32(41(39,40)22-13-9-12-21(15-22)33(37)38)18-24(34)23(14-20-10-7-6-8-11-20)30-27(36)26(28(3,4)5)31-25(35)16-29/h6-13,15,19,23-24,26,34H,14,16-18H2,1-5H3,(H,30,36)(H,31,35)/t23?,24?,26-/m1/s1. The van der Waals surface area contributed by atoms with Gasteiger partial charge in [0.1, 0.15) is 11.9 Å². The number of alkyl halides is 1. The van der Waals surface area contributed by atoms with Crippen LogP contribution >= 0.6 is 11.6 Å². The van der Waals surface area contributed by atoms with E-state index in [0.29, 0.717) is 0 Å². The van der Waals surface area contributed by atoms with Crippen LogP contribution in [-0.2, 0) is 26.0 Å². The van der Waals surface area contributed by atoms with Crippen LogP contribution in [0.15, 0.2) is 59.5 Å². The summed E-state index contributed by atoms with van der Waals surface area (Å²) >= 11 is 5.65. The van der Waals surface area contributed by atoms with Crippen molar-refractivity contribution in [3.63, 3.8) is 0 Å². The van der Waals surface area contributed by atoms with Crippen LogP contribution in [0.1, 0.15) is 40.2 Å². The van der Waals surface area contributed by atoms with Crippen molar-refractivity contribution in [3.05, 3.63) is 70.3 Å². The van der Waals surface area contributed by atoms with Gasteiger partial charge in [-0.05, 0) is 29.4 Å². The van der Waals surface area contributed by atoms with Crippen LogP contribution in [-0.4, -0.2) is 71.7 Å². The summed E-state index contributed by atoms with van der Waals surface area (Å²) in [4.78, 5) is 35.8. The molecule has 0 aliphatic carbocycles. The van der Waals surface area contributed by atoms with Gasteiger partial charge in [0, 0.05) is 25.2 Å². The average molecular weight is 611 g/mol. The number of nitrogens with zero attached hydrogens (tertiary/aromatic N) is 2. The second-order valence-corrected chi connectivity index (χ2v) is 13.5. The number of carbonyl (C=O) groups excluding carboxylic acids is 2. The van der Waals surface area contributed by atoms with Crippen molar-refractivity contribution in [2.45, 2.75) is 64.1 Å². The number of carbonyl (C=O) groups is 2. The van der Waals surface area contributed by atoms with Gasteiger partial charge >= 0.3 is 0 Å². The molecular formula is C28H39ClN4O7S. The summed E-state index contributed by atoms with van der Waals surface area (Å²) < 4.78 is 28.3. The van der Waals surface area contributed by atoms with Crippen molar-refractivity contribution in [1.29, 1.82) is 0 Å². The molecule has 2 aromatic rings. The number of benzene rings is 2. The van der Waals surface area contributed by atoms with E-state index in [0.717, 1.165) is 15.9 Å². The fraction of sp³-hybridized carbons (Fsp3) is 0.500. The summed E-state index contributed by atoms with van der Waals surface area (Å²) in [6.07, 6.45) is -1.21. The van der Waals surface area contributed by atoms with E-state index in [1.165, 1.54) is 18.2 Å². The van der Waals surface area contributed by atoms with Gasteiger partial charge in [0.15, 0.2) is 0 Å². The number of halogens is 1. The van der Waals surface area contributed by atoms with E-state index in [4.69, 9.17) is 11.6 Å². The number of amides is 2. The predicted molar refractivity (Wildman–Crippen MR) is 157 cm³/mol. The summed E-state index contributed by atoms with van der Waals surface area (Å²) in [5.41, 5.74) is -0.299. The lowest BCUT2D eigenvalue weighted by Gasteiger charge is -2.34. The van der Waals surface area contributed by atoms with E-state index in [9.17, 15) is 33.2 Å². The van der Waals surface area contributed by atoms with Crippen molar-refractivity contribution >= 4 is 39.1 Å². The van der Waals surface area contributed by atoms with E-state index >= 15 is 0 Å². The second kappa shape index (κ2) is 14.7. The third kappa shape index (κ3) is 10.1. The first-order valence-electron chi connectivity index (χ1n) is 13.2. The first-order valence-corrected chi connectivity index (χ1v) is 15.2. The Morgan fingerprint density at radius 2 is 1.68 bits per heavy atom. The molecule has 0 radical (unpaired) electrons. The van der Waals surface area contributed by atoms with Crippen LogP contribution in [0.25, 0.3) is 0 Å². The molecule has 0 fully saturated rings. The number of hydrogen-bond donors (Lipinski definition) is 3. The van der Waals surface area contributed by atoms with E-state index in [-0.39, 0.29) is 35.3 Å². The number of aliphatic hydroxyl groups is 1. The molecule has 41 heavy (non-hydrogen) atoms. The molecule has 0 spiro atoms. The first kappa shape index (κ1) is 34.1. The quantitative estimate of drug-likeness (QED) is 0.168. The third-order valence-corrected chi connectivity index (χ3v) is 8.34. The van der Waals surface area contributed by atoms with Crippen molar-refractivity contribution in [2.75, 3.05) is 19.0 Å². The minimum Gasteiger partial charge on any atom is -0.390 e. The Hall–Kier alpha value is -3.06. The Labute approximate surface area is 246 Å². The summed E-state index contributed by atoms with van der Waals surface area (Å²) in [6, 6.07) is 11.8. The molecule has 2 aromatic carbocycles. The second-order valence-electron chi connectivity index (χ2n) is 11.3. The van der Waals surface area contributed by atoms with E-state index in [1.54, 1.807) is 46.8 Å². The first-order chi connectivity index (χ1) is 19.1. The van der Waals surface area contributed by atoms with Gasteiger partial charge in [0.25, 0.3) is 5.69 Å². The summed E-state index contributed by atoms with van der Waals surface area (Å²) in [6.45, 7) is 8.54. The minimum absolute atomic E-state index is 0.0183. The van der Waals surface area contributed by atoms with E-state index in [1.807, 2.05) is 18.2 Å². The Morgan fingerprint density at radius 1 is 1.05 bits per heavy atom. The molecule has 11 nitrogen and oxygen atoms in total. The van der Waals surface area contributed by atoms with Crippen molar-refractivity contribution in [3.8, 4) is 0 Å². The molecule has 13 heteroatoms. The van der Waals surface area contributed by atoms with Gasteiger partial charge in [0.2, 0.25) is 21.8 Å². The Kier molecular flexibility index (Phi) is 12.3. The number of rotatable bonds is 14. The van der Waals surface area contributed by atoms with Crippen LogP contribution in [0.2, 0.25) is 0 Å². The average Bonchev–Trinajstić information content (AvgIpc) is 2.90. The van der Waals surface area contributed by atoms with Gasteiger partial charge in [-0.25, -0.2) is 8.42 Å². The highest BCUT2D eigenvalue weighted by atomic mass is 35.5. The molecule has 0 aliphatic heterocycles. The minimum atomic E-state index is -4.26. The number of nitro benzene ring substituents is 1. The highest BCUT2D eigenvalue weighted by molar-refractivity contribution is 7.89. The summed E-state index contributed by atoms with van der Waals surface area (Å²) in [7, 11) is -4.26. The maximum absolute atomic E-state index is 13.6. The molecule has 0 saturated heterocycles. The van der Waals surface area contributed by atoms with E-state index < -0.39 is 56.9 Å². The molecule has 2 rings (SSSR count). The van der Waals surface area contributed by atoms with Crippen LogP contribution in [0.5, 0.6) is 0 Å². The molecule has 0 saturated carbocycles. The number of aliphatic hydroxyl groups excluding tert-OH is 1. The van der Waals surface area contributed by atoms with E-state index in [2.05, 4.69) is 10.6 Å². The largest absolute Gasteiger partial charge is 0.390 e. The zero-order chi connectivity index (χ0) is 31.0. The molecule has 3 N–H and O–H groups in total. The number of sulfonamides is 1. The fourth-order valence-electron chi connectivity index (χ4n) is 4.21. The Morgan fingerprint density at radius 3 is 2.22 bits per heavy atom. The van der Waals surface area contributed by atoms with Gasteiger partial charge in [0.05, 0.1) is 22.0 Å². The molecule has 0 aromatic heterocycles. The zero-order valence-electron chi connectivity index (χ0n) is 23.9. The lowest BCUT2D eigenvalue weighted by molar-refractivity contribution is -0.385. The highest BCUT2D eigenvalue weighted by Gasteiger charge is 2.36. The smallest absolute Gasteiger partial charge is 0.270 e. The normalized spacial score (nSPS) is 14.4. The van der Waals surface area contributed by atoms with Gasteiger partial charge in [-0.3, -0.25) is 19.7 Å². The van der Waals surface area contributed by atoms with Crippen LogP contribution < -0.4 is 10.6 Å². The molecule has 0 bridgehead atoms. The van der Waals surface area contributed by atoms with Gasteiger partial charge in [-0.2, -0.15) is 4.31 Å². The summed E-state index contributed by atoms with van der Waals surface area (Å²) in [5, 5.41) is 28.1. The lowest BCUT2D eigenvalue weighted by atomic mass is 9.85. The van der Waals surface area contributed by atoms with Crippen LogP contribution in [0.3, 0.4) is 0 Å². The molecule has 0 heterocycles. The fourth-order valence-corrected chi connectivity index (χ4v) is 5.95. The van der Waals surface area contributed by atoms with Gasteiger partial charge in [-0.15, -0.1) is 11.6 Å². The number of nitrogens with one attached hydrogen (secondary N) is 2. The highest BCUT2D eigenvalue weighted by Crippen LogP contribution is 2.24. The summed E-state index contributed by atoms with van der Waals surface area (Å²) in [5.74, 6) is -1.58. The Bertz CT molecular complexity index is 1300. The molecule has 3 atom stereocenters. The van der Waals surface area contributed by atoms with Crippen molar-refractivity contribution in [1.82, 2.24) is 14.9 Å². The molecule has 0 aliphatic rings. The molecule has 2 unspecified atom stereocenters. The lowest BCUT2D eigenvalue weighted by Crippen LogP contribution is -2.59.